The molecular formula is C23H39N3Na2O12P2. The zero-order valence-corrected chi connectivity index (χ0v) is 30.3. The van der Waals surface area contributed by atoms with E-state index in [9.17, 15) is 38.7 Å². The van der Waals surface area contributed by atoms with Crippen molar-refractivity contribution in [1.82, 2.24) is 9.55 Å². The summed E-state index contributed by atoms with van der Waals surface area (Å²) in [5.74, 6) is -0.321. The fourth-order valence-corrected chi connectivity index (χ4v) is 5.77. The molecule has 1 aromatic rings. The van der Waals surface area contributed by atoms with E-state index in [0.29, 0.717) is 6.42 Å². The van der Waals surface area contributed by atoms with E-state index in [0.717, 1.165) is 30.0 Å². The minimum absolute atomic E-state index is 0. The van der Waals surface area contributed by atoms with Crippen LogP contribution < -0.4 is 79.9 Å². The number of hydrogen-bond acceptors (Lipinski definition) is 12. The fraction of sp³-hybridized carbons (Fsp3) is 0.783. The molecule has 19 heteroatoms. The van der Waals surface area contributed by atoms with Crippen molar-refractivity contribution in [2.45, 2.75) is 109 Å². The van der Waals surface area contributed by atoms with Crippen molar-refractivity contribution in [1.29, 1.82) is 0 Å². The van der Waals surface area contributed by atoms with Gasteiger partial charge in [-0.25, -0.2) is 9.11 Å². The number of rotatable bonds is 19. The van der Waals surface area contributed by atoms with Gasteiger partial charge in [0.05, 0.1) is 6.61 Å². The van der Waals surface area contributed by atoms with Crippen LogP contribution in [0.1, 0.15) is 90.2 Å². The number of hydrogen-bond donors (Lipinski definition) is 4. The van der Waals surface area contributed by atoms with E-state index >= 15 is 0 Å². The molecule has 0 bridgehead atoms. The van der Waals surface area contributed by atoms with Crippen LogP contribution in [-0.4, -0.2) is 55.5 Å². The summed E-state index contributed by atoms with van der Waals surface area (Å²) in [6.07, 6.45) is 7.63. The molecule has 6 atom stereocenters. The Kier molecular flexibility index (Phi) is 21.6. The molecule has 42 heavy (non-hydrogen) atoms. The number of ether oxygens (including phenoxy) is 1. The van der Waals surface area contributed by atoms with Gasteiger partial charge in [0.25, 0.3) is 15.6 Å². The Hall–Kier alpha value is 0.490. The van der Waals surface area contributed by atoms with Crippen LogP contribution in [0.15, 0.2) is 17.1 Å². The maximum absolute atomic E-state index is 12.5. The molecule has 15 nitrogen and oxygen atoms in total. The molecule has 4 N–H and O–H groups in total. The minimum Gasteiger partial charge on any atom is -0.756 e. The van der Waals surface area contributed by atoms with Crippen molar-refractivity contribution >= 4 is 27.4 Å². The molecule has 2 rings (SSSR count). The molecule has 1 aliphatic rings. The van der Waals surface area contributed by atoms with Gasteiger partial charge >= 0.3 is 64.8 Å². The molecule has 2 heterocycles. The minimum atomic E-state index is -5.66. The molecule has 2 unspecified atom stereocenters. The average molecular weight is 658 g/mol. The Balaban J connectivity index is 0.00000840. The summed E-state index contributed by atoms with van der Waals surface area (Å²) < 4.78 is 35.8. The third-order valence-corrected chi connectivity index (χ3v) is 8.41. The van der Waals surface area contributed by atoms with Gasteiger partial charge in [-0.2, -0.15) is 4.98 Å². The summed E-state index contributed by atoms with van der Waals surface area (Å²) in [5.41, 5.74) is -0.935. The molecule has 0 saturated carbocycles. The Bertz CT molecular complexity index is 1090. The van der Waals surface area contributed by atoms with Crippen LogP contribution in [0.4, 0.5) is 5.82 Å². The Morgan fingerprint density at radius 3 is 2.10 bits per heavy atom. The van der Waals surface area contributed by atoms with Gasteiger partial charge in [-0.1, -0.05) is 71.1 Å². The number of carbonyl (C=O) groups excluding carboxylic acids is 1. The SMILES string of the molecule is CCCCCCCCCCCCCC(=O)Nc1ccn([C@@H]2O[C@H](COP(=O)([O-])OP(=O)([O-])O)[C@@H](O)[C@H]2O)c(=O)n1.[Na+].[Na+]. The Labute approximate surface area is 289 Å². The monoisotopic (exact) mass is 657 g/mol. The van der Waals surface area contributed by atoms with Gasteiger partial charge in [-0.05, 0) is 12.5 Å². The first-order valence-corrected chi connectivity index (χ1v) is 16.4. The maximum atomic E-state index is 12.5. The first kappa shape index (κ1) is 42.5. The van der Waals surface area contributed by atoms with Gasteiger partial charge in [0, 0.05) is 12.6 Å². The van der Waals surface area contributed by atoms with Crippen molar-refractivity contribution in [2.24, 2.45) is 0 Å². The number of nitrogens with one attached hydrogen (secondary N) is 1. The molecule has 1 aromatic heterocycles. The van der Waals surface area contributed by atoms with Gasteiger partial charge in [0.2, 0.25) is 5.91 Å². The molecule has 230 valence electrons. The first-order chi connectivity index (χ1) is 18.8. The van der Waals surface area contributed by atoms with Crippen molar-refractivity contribution in [3.05, 3.63) is 22.7 Å². The number of aromatic nitrogens is 2. The molecule has 0 spiro atoms. The van der Waals surface area contributed by atoms with Crippen molar-refractivity contribution in [2.75, 3.05) is 11.9 Å². The number of aliphatic hydroxyl groups excluding tert-OH is 2. The number of phosphoric ester groups is 1. The fourth-order valence-electron chi connectivity index (χ4n) is 4.24. The third-order valence-electron chi connectivity index (χ3n) is 6.32. The van der Waals surface area contributed by atoms with E-state index in [1.165, 1.54) is 51.0 Å². The summed E-state index contributed by atoms with van der Waals surface area (Å²) in [6.45, 7) is 1.21. The molecular weight excluding hydrogens is 618 g/mol. The summed E-state index contributed by atoms with van der Waals surface area (Å²) >= 11 is 0. The standard InChI is InChI=1S/C23H41N3O12P2.2Na/c1-2-3-4-5-6-7-8-9-10-11-12-13-19(27)24-18-14-15-26(23(30)25-18)22-21(29)20(28)17(37-22)16-36-40(34,35)38-39(31,32)33;;/h14-15,17,20-22,28-29H,2-13,16H2,1H3,(H,34,35)(H2,31,32,33)(H,24,25,27,30);;/q;2*+1/p-2/t17-,20-,21-,22-;;/m1../s1. The summed E-state index contributed by atoms with van der Waals surface area (Å²) in [6, 6.07) is 1.29. The van der Waals surface area contributed by atoms with Crippen LogP contribution in [0.2, 0.25) is 0 Å². The number of carbonyl (C=O) groups is 1. The van der Waals surface area contributed by atoms with Crippen LogP contribution in [0, 0.1) is 0 Å². The third kappa shape index (κ3) is 16.2. The van der Waals surface area contributed by atoms with E-state index < -0.39 is 52.5 Å². The van der Waals surface area contributed by atoms with Gasteiger partial charge in [-0.3, -0.25) is 18.5 Å². The molecule has 0 aliphatic carbocycles. The van der Waals surface area contributed by atoms with Gasteiger partial charge < -0.3 is 39.5 Å². The number of amides is 1. The Morgan fingerprint density at radius 2 is 1.57 bits per heavy atom. The van der Waals surface area contributed by atoms with E-state index in [-0.39, 0.29) is 77.3 Å². The van der Waals surface area contributed by atoms with Gasteiger partial charge in [-0.15, -0.1) is 0 Å². The zero-order valence-electron chi connectivity index (χ0n) is 24.5. The van der Waals surface area contributed by atoms with Crippen LogP contribution in [0.5, 0.6) is 0 Å². The second-order valence-corrected chi connectivity index (χ2v) is 12.4. The second-order valence-electron chi connectivity index (χ2n) is 9.68. The van der Waals surface area contributed by atoms with Gasteiger partial charge in [0.15, 0.2) is 6.23 Å². The Morgan fingerprint density at radius 1 is 1.02 bits per heavy atom. The predicted octanol–water partition coefficient (Wildman–Crippen LogP) is -4.53. The quantitative estimate of drug-likeness (QED) is 0.0625. The zero-order chi connectivity index (χ0) is 29.8. The predicted molar refractivity (Wildman–Crippen MR) is 139 cm³/mol. The summed E-state index contributed by atoms with van der Waals surface area (Å²) in [7, 11) is -11.2. The number of anilines is 1. The molecule has 1 saturated heterocycles. The summed E-state index contributed by atoms with van der Waals surface area (Å²) in [4.78, 5) is 59.0. The normalized spacial score (nSPS) is 22.8. The average Bonchev–Trinajstić information content (AvgIpc) is 3.13. The van der Waals surface area contributed by atoms with Crippen LogP contribution >= 0.6 is 15.6 Å². The van der Waals surface area contributed by atoms with E-state index in [2.05, 4.69) is 26.1 Å². The summed E-state index contributed by atoms with van der Waals surface area (Å²) in [5, 5.41) is 22.9. The van der Waals surface area contributed by atoms with Crippen LogP contribution in [0.3, 0.4) is 0 Å². The number of unbranched alkanes of at least 4 members (excludes halogenated alkanes) is 10. The van der Waals surface area contributed by atoms with E-state index in [1.807, 2.05) is 0 Å². The smallest absolute Gasteiger partial charge is 0.756 e. The van der Waals surface area contributed by atoms with E-state index in [1.54, 1.807) is 0 Å². The molecule has 0 aromatic carbocycles. The first-order valence-electron chi connectivity index (χ1n) is 13.4. The molecule has 1 fully saturated rings. The van der Waals surface area contributed by atoms with Crippen LogP contribution in [-0.2, 0) is 27.5 Å². The largest absolute Gasteiger partial charge is 1.00 e. The number of phosphoric acid groups is 2. The van der Waals surface area contributed by atoms with Gasteiger partial charge in [0.1, 0.15) is 24.1 Å². The molecule has 1 aliphatic heterocycles. The number of nitrogens with zero attached hydrogens (tertiary/aromatic N) is 2. The van der Waals surface area contributed by atoms with Crippen molar-refractivity contribution in [3.63, 3.8) is 0 Å². The topological polar surface area (TPSA) is 233 Å². The molecule has 0 radical (unpaired) electrons. The second kappa shape index (κ2) is 21.3. The van der Waals surface area contributed by atoms with Crippen molar-refractivity contribution in [3.8, 4) is 0 Å². The van der Waals surface area contributed by atoms with E-state index in [4.69, 9.17) is 9.63 Å². The van der Waals surface area contributed by atoms with Crippen LogP contribution in [0.25, 0.3) is 0 Å². The number of aliphatic hydroxyl groups is 2. The maximum Gasteiger partial charge on any atom is 1.00 e. The van der Waals surface area contributed by atoms with Crippen molar-refractivity contribution < 1.29 is 112 Å². The molecule has 1 amide bonds.